The van der Waals surface area contributed by atoms with Crippen molar-refractivity contribution in [2.24, 2.45) is 17.1 Å². The van der Waals surface area contributed by atoms with E-state index in [-0.39, 0.29) is 18.4 Å². The van der Waals surface area contributed by atoms with Crippen LogP contribution in [-0.2, 0) is 9.59 Å². The average Bonchev–Trinajstić information content (AvgIpc) is 2.24. The third-order valence-corrected chi connectivity index (χ3v) is 3.83. The van der Waals surface area contributed by atoms with Crippen LogP contribution in [0.1, 0.15) is 47.5 Å². The maximum Gasteiger partial charge on any atom is 0.311 e. The standard InChI is InChI=1S/C13H26N2O3/c1-6-7-9(8-14)10(16)15-13(4,5)12(2,3)11(17)18/h9H,6-8,14H2,1-5H3,(H,15,16)(H,17,18). The molecule has 1 amide bonds. The summed E-state index contributed by atoms with van der Waals surface area (Å²) in [7, 11) is 0. The zero-order valence-corrected chi connectivity index (χ0v) is 12.0. The number of rotatable bonds is 7. The molecule has 0 aliphatic carbocycles. The topological polar surface area (TPSA) is 92.4 Å². The van der Waals surface area contributed by atoms with Crippen LogP contribution in [0.4, 0.5) is 0 Å². The van der Waals surface area contributed by atoms with E-state index in [9.17, 15) is 14.7 Å². The fraction of sp³-hybridized carbons (Fsp3) is 0.846. The molecule has 0 aromatic rings. The molecule has 1 atom stereocenters. The number of aliphatic carboxylic acids is 1. The van der Waals surface area contributed by atoms with E-state index in [1.807, 2.05) is 6.92 Å². The molecule has 0 bridgehead atoms. The van der Waals surface area contributed by atoms with Crippen molar-refractivity contribution in [3.05, 3.63) is 0 Å². The summed E-state index contributed by atoms with van der Waals surface area (Å²) in [5.74, 6) is -1.36. The number of nitrogens with one attached hydrogen (secondary N) is 1. The quantitative estimate of drug-likeness (QED) is 0.643. The van der Waals surface area contributed by atoms with Gasteiger partial charge in [-0.1, -0.05) is 13.3 Å². The smallest absolute Gasteiger partial charge is 0.311 e. The molecule has 0 aromatic carbocycles. The first-order chi connectivity index (χ1) is 8.10. The number of carbonyl (C=O) groups excluding carboxylic acids is 1. The van der Waals surface area contributed by atoms with Gasteiger partial charge in [0.15, 0.2) is 0 Å². The van der Waals surface area contributed by atoms with Crippen LogP contribution in [0.2, 0.25) is 0 Å². The van der Waals surface area contributed by atoms with E-state index in [1.165, 1.54) is 0 Å². The number of amides is 1. The van der Waals surface area contributed by atoms with Crippen LogP contribution in [0.3, 0.4) is 0 Å². The highest BCUT2D eigenvalue weighted by Crippen LogP contribution is 2.31. The van der Waals surface area contributed by atoms with E-state index in [0.717, 1.165) is 6.42 Å². The SMILES string of the molecule is CCCC(CN)C(=O)NC(C)(C)C(C)(C)C(=O)O. The first-order valence-electron chi connectivity index (χ1n) is 6.35. The number of carboxylic acid groups (broad SMARTS) is 1. The van der Waals surface area contributed by atoms with Crippen molar-refractivity contribution in [2.75, 3.05) is 6.54 Å². The van der Waals surface area contributed by atoms with E-state index in [4.69, 9.17) is 5.73 Å². The summed E-state index contributed by atoms with van der Waals surface area (Å²) >= 11 is 0. The number of carboxylic acids is 1. The minimum absolute atomic E-state index is 0.168. The zero-order chi connectivity index (χ0) is 14.6. The van der Waals surface area contributed by atoms with Crippen LogP contribution >= 0.6 is 0 Å². The molecule has 0 rings (SSSR count). The molecule has 0 radical (unpaired) electrons. The summed E-state index contributed by atoms with van der Waals surface area (Å²) < 4.78 is 0. The second-order valence-electron chi connectivity index (χ2n) is 5.77. The Morgan fingerprint density at radius 3 is 2.11 bits per heavy atom. The maximum absolute atomic E-state index is 12.1. The van der Waals surface area contributed by atoms with Crippen molar-refractivity contribution >= 4 is 11.9 Å². The summed E-state index contributed by atoms with van der Waals surface area (Å²) in [5.41, 5.74) is 3.69. The summed E-state index contributed by atoms with van der Waals surface area (Å²) in [6.45, 7) is 8.92. The summed E-state index contributed by atoms with van der Waals surface area (Å²) in [6, 6.07) is 0. The van der Waals surface area contributed by atoms with Gasteiger partial charge >= 0.3 is 5.97 Å². The van der Waals surface area contributed by atoms with Crippen LogP contribution in [0.5, 0.6) is 0 Å². The number of hydrogen-bond donors (Lipinski definition) is 3. The monoisotopic (exact) mass is 258 g/mol. The Morgan fingerprint density at radius 2 is 1.78 bits per heavy atom. The normalized spacial score (nSPS) is 14.1. The average molecular weight is 258 g/mol. The van der Waals surface area contributed by atoms with Gasteiger partial charge in [-0.15, -0.1) is 0 Å². The highest BCUT2D eigenvalue weighted by atomic mass is 16.4. The number of nitrogens with two attached hydrogens (primary N) is 1. The highest BCUT2D eigenvalue weighted by molar-refractivity contribution is 5.82. The summed E-state index contributed by atoms with van der Waals surface area (Å²) in [6.07, 6.45) is 1.59. The molecule has 0 aliphatic rings. The molecule has 0 aromatic heterocycles. The van der Waals surface area contributed by atoms with Gasteiger partial charge in [-0.3, -0.25) is 9.59 Å². The molecular weight excluding hydrogens is 232 g/mol. The molecule has 0 heterocycles. The van der Waals surface area contributed by atoms with Gasteiger partial charge in [0.2, 0.25) is 5.91 Å². The predicted molar refractivity (Wildman–Crippen MR) is 71.1 cm³/mol. The fourth-order valence-corrected chi connectivity index (χ4v) is 1.54. The Kier molecular flexibility index (Phi) is 5.80. The Balaban J connectivity index is 4.86. The predicted octanol–water partition coefficient (Wildman–Crippen LogP) is 1.37. The van der Waals surface area contributed by atoms with Gasteiger partial charge in [-0.25, -0.2) is 0 Å². The van der Waals surface area contributed by atoms with Crippen molar-refractivity contribution < 1.29 is 14.7 Å². The third kappa shape index (κ3) is 3.70. The molecule has 106 valence electrons. The molecule has 1 unspecified atom stereocenters. The molecule has 5 heteroatoms. The van der Waals surface area contributed by atoms with E-state index in [0.29, 0.717) is 6.42 Å². The van der Waals surface area contributed by atoms with Gasteiger partial charge < -0.3 is 16.2 Å². The van der Waals surface area contributed by atoms with Crippen molar-refractivity contribution in [3.63, 3.8) is 0 Å². The lowest BCUT2D eigenvalue weighted by Gasteiger charge is -2.39. The lowest BCUT2D eigenvalue weighted by molar-refractivity contribution is -0.152. The summed E-state index contributed by atoms with van der Waals surface area (Å²) in [4.78, 5) is 23.3. The molecule has 18 heavy (non-hydrogen) atoms. The lowest BCUT2D eigenvalue weighted by Crippen LogP contribution is -2.58. The van der Waals surface area contributed by atoms with Crippen molar-refractivity contribution in [1.29, 1.82) is 0 Å². The molecule has 0 saturated carbocycles. The largest absolute Gasteiger partial charge is 0.481 e. The Hall–Kier alpha value is -1.10. The van der Waals surface area contributed by atoms with Gasteiger partial charge in [0.05, 0.1) is 11.3 Å². The highest BCUT2D eigenvalue weighted by Gasteiger charge is 2.44. The maximum atomic E-state index is 12.1. The van der Waals surface area contributed by atoms with Crippen LogP contribution in [0, 0.1) is 11.3 Å². The van der Waals surface area contributed by atoms with Crippen molar-refractivity contribution in [1.82, 2.24) is 5.32 Å². The molecule has 0 saturated heterocycles. The molecule has 4 N–H and O–H groups in total. The lowest BCUT2D eigenvalue weighted by atomic mass is 9.74. The van der Waals surface area contributed by atoms with E-state index in [2.05, 4.69) is 5.32 Å². The van der Waals surface area contributed by atoms with Gasteiger partial charge in [-0.2, -0.15) is 0 Å². The first-order valence-corrected chi connectivity index (χ1v) is 6.35. The molecular formula is C13H26N2O3. The number of hydrogen-bond acceptors (Lipinski definition) is 3. The van der Waals surface area contributed by atoms with Gasteiger partial charge in [0.1, 0.15) is 0 Å². The Morgan fingerprint density at radius 1 is 1.28 bits per heavy atom. The van der Waals surface area contributed by atoms with Gasteiger partial charge in [0, 0.05) is 12.1 Å². The van der Waals surface area contributed by atoms with Crippen LogP contribution in [0.15, 0.2) is 0 Å². The number of carbonyl (C=O) groups is 2. The second kappa shape index (κ2) is 6.18. The minimum atomic E-state index is -1.05. The van der Waals surface area contributed by atoms with Gasteiger partial charge in [0.25, 0.3) is 0 Å². The molecule has 0 aliphatic heterocycles. The summed E-state index contributed by atoms with van der Waals surface area (Å²) in [5, 5.41) is 12.0. The third-order valence-electron chi connectivity index (χ3n) is 3.83. The first kappa shape index (κ1) is 16.9. The van der Waals surface area contributed by atoms with Crippen LogP contribution < -0.4 is 11.1 Å². The van der Waals surface area contributed by atoms with E-state index >= 15 is 0 Å². The minimum Gasteiger partial charge on any atom is -0.481 e. The van der Waals surface area contributed by atoms with E-state index in [1.54, 1.807) is 27.7 Å². The Labute approximate surface area is 109 Å². The van der Waals surface area contributed by atoms with Crippen molar-refractivity contribution in [2.45, 2.75) is 53.0 Å². The van der Waals surface area contributed by atoms with Gasteiger partial charge in [-0.05, 0) is 34.1 Å². The molecule has 0 fully saturated rings. The van der Waals surface area contributed by atoms with Crippen molar-refractivity contribution in [3.8, 4) is 0 Å². The second-order valence-corrected chi connectivity index (χ2v) is 5.77. The Bertz CT molecular complexity index is 311. The van der Waals surface area contributed by atoms with E-state index < -0.39 is 16.9 Å². The molecule has 5 nitrogen and oxygen atoms in total. The van der Waals surface area contributed by atoms with Crippen LogP contribution in [0.25, 0.3) is 0 Å². The van der Waals surface area contributed by atoms with Crippen LogP contribution in [-0.4, -0.2) is 29.1 Å². The zero-order valence-electron chi connectivity index (χ0n) is 12.0. The fourth-order valence-electron chi connectivity index (χ4n) is 1.54. The molecule has 0 spiro atoms.